The second kappa shape index (κ2) is 6.74. The number of rotatable bonds is 3. The lowest BCUT2D eigenvalue weighted by molar-refractivity contribution is -0.114. The highest BCUT2D eigenvalue weighted by Crippen LogP contribution is 2.34. The molecular weight excluding hydrogens is 366 g/mol. The minimum absolute atomic E-state index is 0.159. The first-order valence-electron chi connectivity index (χ1n) is 8.64. The molecule has 0 radical (unpaired) electrons. The molecule has 4 rings (SSSR count). The summed E-state index contributed by atoms with van der Waals surface area (Å²) in [5, 5.41) is 0. The summed E-state index contributed by atoms with van der Waals surface area (Å²) >= 11 is 0. The molecule has 0 atom stereocenters. The van der Waals surface area contributed by atoms with Crippen molar-refractivity contribution in [2.24, 2.45) is 0 Å². The monoisotopic (exact) mass is 385 g/mol. The molecule has 0 N–H and O–H groups in total. The number of benzene rings is 2. The minimum atomic E-state index is -3.37. The molecule has 2 aromatic rings. The average Bonchev–Trinajstić information content (AvgIpc) is 3.12. The largest absolute Gasteiger partial charge is 0.493 e. The third-order valence-corrected chi connectivity index (χ3v) is 5.73. The van der Waals surface area contributed by atoms with Gasteiger partial charge in [-0.1, -0.05) is 6.07 Å². The summed E-state index contributed by atoms with van der Waals surface area (Å²) in [7, 11) is -3.37. The van der Waals surface area contributed by atoms with Gasteiger partial charge in [-0.15, -0.1) is 0 Å². The summed E-state index contributed by atoms with van der Waals surface area (Å²) in [5.74, 6) is 1.18. The minimum Gasteiger partial charge on any atom is -0.493 e. The SMILES string of the molecule is CS(=O)(=O)c1ccc2c(c1)N(C(=O)C=Cc1ccc3c(c1)CCO3)CCO2. The van der Waals surface area contributed by atoms with E-state index in [0.717, 1.165) is 29.6 Å². The number of carbonyl (C=O) groups is 1. The maximum absolute atomic E-state index is 12.7. The third-order valence-electron chi connectivity index (χ3n) is 4.62. The predicted molar refractivity (Wildman–Crippen MR) is 102 cm³/mol. The van der Waals surface area contributed by atoms with Crippen molar-refractivity contribution in [2.75, 3.05) is 30.9 Å². The van der Waals surface area contributed by atoms with Gasteiger partial charge in [-0.25, -0.2) is 8.42 Å². The van der Waals surface area contributed by atoms with Gasteiger partial charge < -0.3 is 14.4 Å². The van der Waals surface area contributed by atoms with Crippen molar-refractivity contribution in [2.45, 2.75) is 11.3 Å². The molecule has 6 nitrogen and oxygen atoms in total. The number of amides is 1. The van der Waals surface area contributed by atoms with Gasteiger partial charge in [-0.2, -0.15) is 0 Å². The molecule has 2 heterocycles. The molecule has 0 bridgehead atoms. The summed E-state index contributed by atoms with van der Waals surface area (Å²) in [4.78, 5) is 14.4. The molecule has 27 heavy (non-hydrogen) atoms. The van der Waals surface area contributed by atoms with Crippen LogP contribution in [-0.4, -0.2) is 40.3 Å². The van der Waals surface area contributed by atoms with Crippen LogP contribution in [0.1, 0.15) is 11.1 Å². The standard InChI is InChI=1S/C20H19NO5S/c1-27(23,24)16-4-6-19-17(13-16)21(9-11-26-19)20(22)7-3-14-2-5-18-15(12-14)8-10-25-18/h2-7,12-13H,8-11H2,1H3. The average molecular weight is 385 g/mol. The molecule has 0 fully saturated rings. The molecule has 0 unspecified atom stereocenters. The molecule has 0 spiro atoms. The lowest BCUT2D eigenvalue weighted by atomic mass is 10.1. The number of hydrogen-bond donors (Lipinski definition) is 0. The fraction of sp³-hybridized carbons (Fsp3) is 0.250. The van der Waals surface area contributed by atoms with Crippen molar-refractivity contribution < 1.29 is 22.7 Å². The Hall–Kier alpha value is -2.80. The van der Waals surface area contributed by atoms with E-state index in [1.54, 1.807) is 17.0 Å². The van der Waals surface area contributed by atoms with Gasteiger partial charge in [0.2, 0.25) is 0 Å². The molecule has 0 saturated carbocycles. The fourth-order valence-corrected chi connectivity index (χ4v) is 3.87. The molecule has 2 aromatic carbocycles. The van der Waals surface area contributed by atoms with Gasteiger partial charge in [0, 0.05) is 18.8 Å². The highest BCUT2D eigenvalue weighted by Gasteiger charge is 2.24. The van der Waals surface area contributed by atoms with E-state index in [0.29, 0.717) is 31.2 Å². The zero-order valence-electron chi connectivity index (χ0n) is 14.8. The predicted octanol–water partition coefficient (Wildman–Crippen LogP) is 2.46. The molecule has 7 heteroatoms. The van der Waals surface area contributed by atoms with E-state index in [9.17, 15) is 13.2 Å². The van der Waals surface area contributed by atoms with E-state index in [1.165, 1.54) is 18.2 Å². The first-order valence-corrected chi connectivity index (χ1v) is 10.5. The maximum atomic E-state index is 12.7. The van der Waals surface area contributed by atoms with E-state index in [-0.39, 0.29) is 10.8 Å². The Kier molecular flexibility index (Phi) is 4.39. The van der Waals surface area contributed by atoms with Gasteiger partial charge in [0.1, 0.15) is 18.1 Å². The van der Waals surface area contributed by atoms with E-state index < -0.39 is 9.84 Å². The van der Waals surface area contributed by atoms with Crippen molar-refractivity contribution in [1.29, 1.82) is 0 Å². The Bertz CT molecular complexity index is 1040. The van der Waals surface area contributed by atoms with E-state index in [1.807, 2.05) is 18.2 Å². The second-order valence-electron chi connectivity index (χ2n) is 6.54. The highest BCUT2D eigenvalue weighted by molar-refractivity contribution is 7.90. The molecule has 0 aliphatic carbocycles. The Balaban J connectivity index is 1.60. The van der Waals surface area contributed by atoms with Crippen LogP contribution in [0.4, 0.5) is 5.69 Å². The van der Waals surface area contributed by atoms with E-state index >= 15 is 0 Å². The van der Waals surface area contributed by atoms with Crippen LogP contribution < -0.4 is 14.4 Å². The third kappa shape index (κ3) is 3.55. The number of anilines is 1. The van der Waals surface area contributed by atoms with Crippen LogP contribution in [0, 0.1) is 0 Å². The summed E-state index contributed by atoms with van der Waals surface area (Å²) in [5.41, 5.74) is 2.53. The summed E-state index contributed by atoms with van der Waals surface area (Å²) < 4.78 is 34.7. The molecular formula is C20H19NO5S. The quantitative estimate of drug-likeness (QED) is 0.759. The first-order chi connectivity index (χ1) is 12.9. The Morgan fingerprint density at radius 3 is 2.67 bits per heavy atom. The normalized spacial score (nSPS) is 15.8. The zero-order chi connectivity index (χ0) is 19.0. The van der Waals surface area contributed by atoms with Crippen molar-refractivity contribution in [3.05, 3.63) is 53.6 Å². The van der Waals surface area contributed by atoms with Gasteiger partial charge in [0.15, 0.2) is 9.84 Å². The number of nitrogens with zero attached hydrogens (tertiary/aromatic N) is 1. The van der Waals surface area contributed by atoms with E-state index in [4.69, 9.17) is 9.47 Å². The van der Waals surface area contributed by atoms with Crippen LogP contribution in [0.25, 0.3) is 6.08 Å². The lowest BCUT2D eigenvalue weighted by Gasteiger charge is -2.29. The first kappa shape index (κ1) is 17.6. The van der Waals surface area contributed by atoms with Crippen LogP contribution in [-0.2, 0) is 21.1 Å². The topological polar surface area (TPSA) is 72.9 Å². The summed E-state index contributed by atoms with van der Waals surface area (Å²) in [6.45, 7) is 1.41. The molecule has 0 aromatic heterocycles. The van der Waals surface area contributed by atoms with Crippen molar-refractivity contribution >= 4 is 27.5 Å². The smallest absolute Gasteiger partial charge is 0.251 e. The van der Waals surface area contributed by atoms with E-state index in [2.05, 4.69) is 0 Å². The zero-order valence-corrected chi connectivity index (χ0v) is 15.7. The van der Waals surface area contributed by atoms with Crippen molar-refractivity contribution in [3.63, 3.8) is 0 Å². The lowest BCUT2D eigenvalue weighted by Crippen LogP contribution is -2.37. The number of hydrogen-bond acceptors (Lipinski definition) is 5. The van der Waals surface area contributed by atoms with Gasteiger partial charge in [0.05, 0.1) is 23.7 Å². The molecule has 140 valence electrons. The number of fused-ring (bicyclic) bond motifs is 2. The number of sulfone groups is 1. The fourth-order valence-electron chi connectivity index (χ4n) is 3.22. The molecule has 2 aliphatic heterocycles. The summed E-state index contributed by atoms with van der Waals surface area (Å²) in [6.07, 6.45) is 5.27. The van der Waals surface area contributed by atoms with Crippen LogP contribution in [0.3, 0.4) is 0 Å². The molecule has 2 aliphatic rings. The maximum Gasteiger partial charge on any atom is 0.251 e. The molecule has 1 amide bonds. The Labute approximate surface area is 157 Å². The van der Waals surface area contributed by atoms with Crippen LogP contribution in [0.5, 0.6) is 11.5 Å². The van der Waals surface area contributed by atoms with Crippen LogP contribution >= 0.6 is 0 Å². The van der Waals surface area contributed by atoms with Crippen molar-refractivity contribution in [1.82, 2.24) is 0 Å². The van der Waals surface area contributed by atoms with Gasteiger partial charge in [-0.05, 0) is 47.5 Å². The van der Waals surface area contributed by atoms with Gasteiger partial charge in [0.25, 0.3) is 5.91 Å². The van der Waals surface area contributed by atoms with Crippen LogP contribution in [0.2, 0.25) is 0 Å². The Morgan fingerprint density at radius 2 is 1.85 bits per heavy atom. The van der Waals surface area contributed by atoms with Crippen LogP contribution in [0.15, 0.2) is 47.4 Å². The molecule has 0 saturated heterocycles. The van der Waals surface area contributed by atoms with Gasteiger partial charge in [-0.3, -0.25) is 4.79 Å². The number of ether oxygens (including phenoxy) is 2. The van der Waals surface area contributed by atoms with Gasteiger partial charge >= 0.3 is 0 Å². The highest BCUT2D eigenvalue weighted by atomic mass is 32.2. The second-order valence-corrected chi connectivity index (χ2v) is 8.55. The summed E-state index contributed by atoms with van der Waals surface area (Å²) in [6, 6.07) is 10.4. The Morgan fingerprint density at radius 1 is 1.07 bits per heavy atom. The van der Waals surface area contributed by atoms with Crippen molar-refractivity contribution in [3.8, 4) is 11.5 Å². The number of carbonyl (C=O) groups excluding carboxylic acids is 1.